The van der Waals surface area contributed by atoms with Crippen molar-refractivity contribution in [2.45, 2.75) is 5.41 Å². The SMILES string of the molecule is c1ccc(C2(c3ccccc3)c3ccccc3-c3ccc(-c4c5ccccc5c5c6c(cccc46)-c4cccnc4-5)cc32)cc1. The van der Waals surface area contributed by atoms with Crippen molar-refractivity contribution < 1.29 is 0 Å². The van der Waals surface area contributed by atoms with Crippen LogP contribution in [0.2, 0.25) is 0 Å². The second-order valence-electron chi connectivity index (χ2n) is 12.2. The first-order chi connectivity index (χ1) is 22.4. The average Bonchev–Trinajstić information content (AvgIpc) is 3.61. The van der Waals surface area contributed by atoms with E-state index < -0.39 is 5.41 Å². The lowest BCUT2D eigenvalue weighted by Crippen LogP contribution is -2.28. The lowest BCUT2D eigenvalue weighted by molar-refractivity contribution is 0.769. The molecule has 0 bridgehead atoms. The largest absolute Gasteiger partial charge is 0.256 e. The standard InChI is InChI=1S/C44H27N/c1-3-13-29(14-4-1)44(30-15-5-2-6-16-30)38-23-10-9-17-31(38)32-25-24-28(27-39(32)44)40-33-18-7-8-19-34(33)42-41-35(20-11-21-37(40)41)36-22-12-26-45-43(36)42/h1-27H. The number of nitrogens with zero attached hydrogens (tertiary/aromatic N) is 1. The minimum absolute atomic E-state index is 0.435. The third-order valence-electron chi connectivity index (χ3n) is 10.1. The van der Waals surface area contributed by atoms with Crippen molar-refractivity contribution >= 4 is 21.5 Å². The smallest absolute Gasteiger partial charge is 0.0793 e. The minimum atomic E-state index is -0.435. The third-order valence-corrected chi connectivity index (χ3v) is 10.1. The molecule has 0 saturated heterocycles. The predicted octanol–water partition coefficient (Wildman–Crippen LogP) is 11.1. The molecule has 0 saturated carbocycles. The van der Waals surface area contributed by atoms with Crippen molar-refractivity contribution in [2.24, 2.45) is 0 Å². The predicted molar refractivity (Wildman–Crippen MR) is 186 cm³/mol. The van der Waals surface area contributed by atoms with E-state index in [1.807, 2.05) is 6.20 Å². The molecule has 2 aliphatic rings. The van der Waals surface area contributed by atoms with E-state index in [-0.39, 0.29) is 0 Å². The molecule has 8 aromatic rings. The van der Waals surface area contributed by atoms with E-state index in [1.54, 1.807) is 0 Å². The van der Waals surface area contributed by atoms with Crippen LogP contribution >= 0.6 is 0 Å². The molecule has 10 rings (SSSR count). The molecule has 0 atom stereocenters. The maximum absolute atomic E-state index is 4.91. The van der Waals surface area contributed by atoms with Crippen LogP contribution in [-0.2, 0) is 5.41 Å². The van der Waals surface area contributed by atoms with Gasteiger partial charge in [-0.2, -0.15) is 0 Å². The molecule has 0 radical (unpaired) electrons. The molecule has 0 N–H and O–H groups in total. The first kappa shape index (κ1) is 24.6. The Kier molecular flexibility index (Phi) is 4.99. The zero-order chi connectivity index (χ0) is 29.5. The van der Waals surface area contributed by atoms with E-state index in [9.17, 15) is 0 Å². The first-order valence-electron chi connectivity index (χ1n) is 15.6. The molecule has 7 aromatic carbocycles. The number of benzene rings is 7. The number of fused-ring (bicyclic) bond motifs is 8. The summed E-state index contributed by atoms with van der Waals surface area (Å²) in [5, 5.41) is 5.10. The maximum Gasteiger partial charge on any atom is 0.0793 e. The third kappa shape index (κ3) is 3.15. The Morgan fingerprint density at radius 3 is 1.78 bits per heavy atom. The fraction of sp³-hybridized carbons (Fsp3) is 0.0227. The molecule has 1 nitrogen and oxygen atoms in total. The van der Waals surface area contributed by atoms with Crippen LogP contribution in [0.15, 0.2) is 164 Å². The van der Waals surface area contributed by atoms with Gasteiger partial charge in [0.1, 0.15) is 0 Å². The summed E-state index contributed by atoms with van der Waals surface area (Å²) in [5.74, 6) is 0. The highest BCUT2D eigenvalue weighted by Gasteiger charge is 2.46. The molecule has 0 amide bonds. The second kappa shape index (κ2) is 9.11. The Balaban J connectivity index is 1.34. The summed E-state index contributed by atoms with van der Waals surface area (Å²) in [6, 6.07) is 58.2. The van der Waals surface area contributed by atoms with Crippen molar-refractivity contribution in [3.8, 4) is 44.6 Å². The minimum Gasteiger partial charge on any atom is -0.256 e. The van der Waals surface area contributed by atoms with E-state index in [4.69, 9.17) is 4.98 Å². The zero-order valence-corrected chi connectivity index (χ0v) is 24.5. The monoisotopic (exact) mass is 569 g/mol. The van der Waals surface area contributed by atoms with Gasteiger partial charge in [-0.05, 0) is 78.4 Å². The van der Waals surface area contributed by atoms with Crippen molar-refractivity contribution in [3.05, 3.63) is 186 Å². The van der Waals surface area contributed by atoms with Crippen molar-refractivity contribution in [1.82, 2.24) is 4.98 Å². The summed E-state index contributed by atoms with van der Waals surface area (Å²) in [4.78, 5) is 4.91. The molecule has 1 aromatic heterocycles. The zero-order valence-electron chi connectivity index (χ0n) is 24.5. The van der Waals surface area contributed by atoms with Crippen LogP contribution < -0.4 is 0 Å². The lowest BCUT2D eigenvalue weighted by Gasteiger charge is -2.34. The van der Waals surface area contributed by atoms with Crippen LogP contribution in [0.3, 0.4) is 0 Å². The number of aromatic nitrogens is 1. The Morgan fingerprint density at radius 1 is 0.400 bits per heavy atom. The summed E-state index contributed by atoms with van der Waals surface area (Å²) in [5.41, 5.74) is 14.8. The van der Waals surface area contributed by atoms with Gasteiger partial charge in [0.25, 0.3) is 0 Å². The Bertz CT molecular complexity index is 2430. The van der Waals surface area contributed by atoms with Crippen molar-refractivity contribution in [1.29, 1.82) is 0 Å². The molecule has 1 heteroatoms. The van der Waals surface area contributed by atoms with Gasteiger partial charge in [-0.1, -0.05) is 146 Å². The highest BCUT2D eigenvalue weighted by atomic mass is 14.7. The number of rotatable bonds is 3. The van der Waals surface area contributed by atoms with Gasteiger partial charge in [-0.15, -0.1) is 0 Å². The topological polar surface area (TPSA) is 12.9 Å². The molecule has 1 heterocycles. The molecule has 2 aliphatic carbocycles. The average molecular weight is 570 g/mol. The van der Waals surface area contributed by atoms with Crippen molar-refractivity contribution in [3.63, 3.8) is 0 Å². The van der Waals surface area contributed by atoms with Crippen LogP contribution in [0.4, 0.5) is 0 Å². The molecule has 0 fully saturated rings. The molecule has 45 heavy (non-hydrogen) atoms. The molecule has 0 aliphatic heterocycles. The summed E-state index contributed by atoms with van der Waals surface area (Å²) >= 11 is 0. The van der Waals surface area contributed by atoms with Gasteiger partial charge in [0.2, 0.25) is 0 Å². The number of pyridine rings is 1. The van der Waals surface area contributed by atoms with E-state index >= 15 is 0 Å². The maximum atomic E-state index is 4.91. The summed E-state index contributed by atoms with van der Waals surface area (Å²) in [7, 11) is 0. The number of hydrogen-bond donors (Lipinski definition) is 0. The molecule has 0 spiro atoms. The van der Waals surface area contributed by atoms with Gasteiger partial charge < -0.3 is 0 Å². The van der Waals surface area contributed by atoms with Gasteiger partial charge in [0, 0.05) is 22.7 Å². The van der Waals surface area contributed by atoms with Crippen LogP contribution in [0.5, 0.6) is 0 Å². The van der Waals surface area contributed by atoms with Gasteiger partial charge in [0.05, 0.1) is 11.1 Å². The Labute approximate surface area is 262 Å². The Hall–Kier alpha value is -5.79. The quantitative estimate of drug-likeness (QED) is 0.193. The molecule has 208 valence electrons. The summed E-state index contributed by atoms with van der Waals surface area (Å²) in [6.45, 7) is 0. The highest BCUT2D eigenvalue weighted by molar-refractivity contribution is 6.28. The van der Waals surface area contributed by atoms with E-state index in [0.29, 0.717) is 0 Å². The van der Waals surface area contributed by atoms with Gasteiger partial charge in [-0.3, -0.25) is 4.98 Å². The van der Waals surface area contributed by atoms with Gasteiger partial charge in [-0.25, -0.2) is 0 Å². The molecular weight excluding hydrogens is 542 g/mol. The second-order valence-corrected chi connectivity index (χ2v) is 12.2. The summed E-state index contributed by atoms with van der Waals surface area (Å²) in [6.07, 6.45) is 1.92. The Morgan fingerprint density at radius 2 is 1.00 bits per heavy atom. The summed E-state index contributed by atoms with van der Waals surface area (Å²) < 4.78 is 0. The van der Waals surface area contributed by atoms with Crippen LogP contribution in [0.25, 0.3) is 66.2 Å². The van der Waals surface area contributed by atoms with Crippen molar-refractivity contribution in [2.75, 3.05) is 0 Å². The molecule has 0 unspecified atom stereocenters. The van der Waals surface area contributed by atoms with E-state index in [0.717, 1.165) is 5.69 Å². The fourth-order valence-electron chi connectivity index (χ4n) is 8.43. The molecular formula is C44H27N. The number of hydrogen-bond acceptors (Lipinski definition) is 1. The van der Waals surface area contributed by atoms with Gasteiger partial charge in [0.15, 0.2) is 0 Å². The first-order valence-corrected chi connectivity index (χ1v) is 15.6. The normalized spacial score (nSPS) is 13.5. The van der Waals surface area contributed by atoms with E-state index in [1.165, 1.54) is 82.7 Å². The highest BCUT2D eigenvalue weighted by Crippen LogP contribution is 2.58. The van der Waals surface area contributed by atoms with Gasteiger partial charge >= 0.3 is 0 Å². The van der Waals surface area contributed by atoms with E-state index in [2.05, 4.69) is 158 Å². The van der Waals surface area contributed by atoms with Crippen LogP contribution in [0, 0.1) is 0 Å². The van der Waals surface area contributed by atoms with Crippen LogP contribution in [0.1, 0.15) is 22.3 Å². The van der Waals surface area contributed by atoms with Crippen LogP contribution in [-0.4, -0.2) is 4.98 Å². The lowest BCUT2D eigenvalue weighted by atomic mass is 9.67. The fourth-order valence-corrected chi connectivity index (χ4v) is 8.43.